The Morgan fingerprint density at radius 3 is 2.38 bits per heavy atom. The van der Waals surface area contributed by atoms with Gasteiger partial charge >= 0.3 is 0 Å². The molecule has 0 bridgehead atoms. The van der Waals surface area contributed by atoms with Crippen LogP contribution in [0.5, 0.6) is 0 Å². The maximum Gasteiger partial charge on any atom is 0.0464 e. The number of rotatable bonds is 5. The van der Waals surface area contributed by atoms with Crippen molar-refractivity contribution in [3.8, 4) is 0 Å². The van der Waals surface area contributed by atoms with Gasteiger partial charge in [0.05, 0.1) is 0 Å². The molecule has 0 aliphatic rings. The first kappa shape index (κ1) is 13.7. The largest absolute Gasteiger partial charge is 0.309 e. The SMILES string of the molecule is CCCNC(c1ccc(CC)s1)C(C)(C)C. The molecule has 0 amide bonds. The fourth-order valence-corrected chi connectivity index (χ4v) is 3.14. The molecule has 1 aromatic heterocycles. The third kappa shape index (κ3) is 3.60. The van der Waals surface area contributed by atoms with E-state index in [1.807, 2.05) is 11.3 Å². The van der Waals surface area contributed by atoms with Crippen LogP contribution in [0.4, 0.5) is 0 Å². The molecule has 1 N–H and O–H groups in total. The third-order valence-electron chi connectivity index (χ3n) is 2.78. The third-order valence-corrected chi connectivity index (χ3v) is 4.07. The molecule has 0 aliphatic carbocycles. The first-order chi connectivity index (χ1) is 7.49. The van der Waals surface area contributed by atoms with Crippen LogP contribution in [0.2, 0.25) is 0 Å². The zero-order valence-electron chi connectivity index (χ0n) is 11.3. The first-order valence-corrected chi connectivity index (χ1v) is 7.12. The van der Waals surface area contributed by atoms with E-state index in [4.69, 9.17) is 0 Å². The van der Waals surface area contributed by atoms with Crippen molar-refractivity contribution in [1.82, 2.24) is 5.32 Å². The minimum absolute atomic E-state index is 0.283. The van der Waals surface area contributed by atoms with E-state index >= 15 is 0 Å². The molecular formula is C14H25NS. The number of hydrogen-bond donors (Lipinski definition) is 1. The quantitative estimate of drug-likeness (QED) is 0.803. The Morgan fingerprint density at radius 1 is 1.25 bits per heavy atom. The average Bonchev–Trinajstić information content (AvgIpc) is 2.65. The molecule has 0 saturated heterocycles. The smallest absolute Gasteiger partial charge is 0.0464 e. The van der Waals surface area contributed by atoms with E-state index in [2.05, 4.69) is 52.1 Å². The Bertz CT molecular complexity index is 309. The molecule has 1 nitrogen and oxygen atoms in total. The molecule has 1 unspecified atom stereocenters. The standard InChI is InChI=1S/C14H25NS/c1-6-10-15-13(14(3,4)5)12-9-8-11(7-2)16-12/h8-9,13,15H,6-7,10H2,1-5H3. The molecule has 0 saturated carbocycles. The zero-order chi connectivity index (χ0) is 12.2. The summed E-state index contributed by atoms with van der Waals surface area (Å²) in [5.74, 6) is 0. The fraction of sp³-hybridized carbons (Fsp3) is 0.714. The highest BCUT2D eigenvalue weighted by Gasteiger charge is 2.26. The Kier molecular flexibility index (Phi) is 5.00. The van der Waals surface area contributed by atoms with Crippen LogP contribution in [0.25, 0.3) is 0 Å². The zero-order valence-corrected chi connectivity index (χ0v) is 12.1. The van der Waals surface area contributed by atoms with Gasteiger partial charge in [-0.1, -0.05) is 34.6 Å². The molecule has 92 valence electrons. The van der Waals surface area contributed by atoms with Gasteiger partial charge in [0, 0.05) is 15.8 Å². The highest BCUT2D eigenvalue weighted by Crippen LogP contribution is 2.36. The van der Waals surface area contributed by atoms with Gasteiger partial charge in [0.25, 0.3) is 0 Å². The molecule has 1 rings (SSSR count). The maximum atomic E-state index is 3.67. The summed E-state index contributed by atoms with van der Waals surface area (Å²) < 4.78 is 0. The van der Waals surface area contributed by atoms with Gasteiger partial charge in [-0.05, 0) is 36.9 Å². The summed E-state index contributed by atoms with van der Waals surface area (Å²) in [6.45, 7) is 12.5. The first-order valence-electron chi connectivity index (χ1n) is 6.31. The van der Waals surface area contributed by atoms with Crippen LogP contribution in [0, 0.1) is 5.41 Å². The van der Waals surface area contributed by atoms with Crippen LogP contribution in [0.15, 0.2) is 12.1 Å². The van der Waals surface area contributed by atoms with Crippen molar-refractivity contribution >= 4 is 11.3 Å². The summed E-state index contributed by atoms with van der Waals surface area (Å²) in [7, 11) is 0. The van der Waals surface area contributed by atoms with Gasteiger partial charge in [-0.2, -0.15) is 0 Å². The topological polar surface area (TPSA) is 12.0 Å². The van der Waals surface area contributed by atoms with Crippen molar-refractivity contribution in [2.75, 3.05) is 6.54 Å². The van der Waals surface area contributed by atoms with Crippen molar-refractivity contribution in [1.29, 1.82) is 0 Å². The van der Waals surface area contributed by atoms with Gasteiger partial charge in [0.15, 0.2) is 0 Å². The summed E-state index contributed by atoms with van der Waals surface area (Å²) in [5.41, 5.74) is 0.283. The highest BCUT2D eigenvalue weighted by atomic mass is 32.1. The second kappa shape index (κ2) is 5.83. The highest BCUT2D eigenvalue weighted by molar-refractivity contribution is 7.12. The van der Waals surface area contributed by atoms with Crippen molar-refractivity contribution < 1.29 is 0 Å². The molecule has 1 atom stereocenters. The Balaban J connectivity index is 2.83. The number of aryl methyl sites for hydroxylation is 1. The summed E-state index contributed by atoms with van der Waals surface area (Å²) in [4.78, 5) is 2.97. The van der Waals surface area contributed by atoms with E-state index in [-0.39, 0.29) is 5.41 Å². The Hall–Kier alpha value is -0.340. The predicted molar refractivity (Wildman–Crippen MR) is 74.2 cm³/mol. The molecule has 1 aromatic rings. The monoisotopic (exact) mass is 239 g/mol. The molecule has 16 heavy (non-hydrogen) atoms. The van der Waals surface area contributed by atoms with E-state index in [9.17, 15) is 0 Å². The van der Waals surface area contributed by atoms with Gasteiger partial charge in [-0.3, -0.25) is 0 Å². The minimum Gasteiger partial charge on any atom is -0.309 e. The average molecular weight is 239 g/mol. The number of thiophene rings is 1. The predicted octanol–water partition coefficient (Wildman–Crippen LogP) is 4.40. The minimum atomic E-state index is 0.283. The maximum absolute atomic E-state index is 3.67. The summed E-state index contributed by atoms with van der Waals surface area (Å²) in [6, 6.07) is 5.05. The van der Waals surface area contributed by atoms with E-state index in [1.165, 1.54) is 16.2 Å². The van der Waals surface area contributed by atoms with Gasteiger partial charge in [0.2, 0.25) is 0 Å². The van der Waals surface area contributed by atoms with Crippen LogP contribution in [0.1, 0.15) is 56.8 Å². The van der Waals surface area contributed by atoms with E-state index in [0.717, 1.165) is 13.0 Å². The van der Waals surface area contributed by atoms with Crippen molar-refractivity contribution in [3.05, 3.63) is 21.9 Å². The van der Waals surface area contributed by atoms with Gasteiger partial charge < -0.3 is 5.32 Å². The summed E-state index contributed by atoms with van der Waals surface area (Å²) in [5, 5.41) is 3.67. The molecule has 0 fully saturated rings. The van der Waals surface area contributed by atoms with Crippen molar-refractivity contribution in [3.63, 3.8) is 0 Å². The second-order valence-corrected chi connectivity index (χ2v) is 6.61. The Morgan fingerprint density at radius 2 is 1.94 bits per heavy atom. The molecule has 0 aromatic carbocycles. The lowest BCUT2D eigenvalue weighted by Crippen LogP contribution is -2.32. The van der Waals surface area contributed by atoms with E-state index in [1.54, 1.807) is 0 Å². The molecule has 0 aliphatic heterocycles. The lowest BCUT2D eigenvalue weighted by atomic mass is 9.85. The second-order valence-electron chi connectivity index (χ2n) is 5.41. The molecule has 1 heterocycles. The lowest BCUT2D eigenvalue weighted by molar-refractivity contribution is 0.277. The van der Waals surface area contributed by atoms with Gasteiger partial charge in [-0.15, -0.1) is 11.3 Å². The number of hydrogen-bond acceptors (Lipinski definition) is 2. The van der Waals surface area contributed by atoms with E-state index < -0.39 is 0 Å². The van der Waals surface area contributed by atoms with Crippen LogP contribution in [-0.4, -0.2) is 6.54 Å². The van der Waals surface area contributed by atoms with Gasteiger partial charge in [0.1, 0.15) is 0 Å². The molecular weight excluding hydrogens is 214 g/mol. The van der Waals surface area contributed by atoms with Gasteiger partial charge in [-0.25, -0.2) is 0 Å². The molecule has 0 radical (unpaired) electrons. The summed E-state index contributed by atoms with van der Waals surface area (Å²) in [6.07, 6.45) is 2.34. The molecule has 0 spiro atoms. The number of nitrogens with one attached hydrogen (secondary N) is 1. The van der Waals surface area contributed by atoms with Crippen LogP contribution in [0.3, 0.4) is 0 Å². The molecule has 2 heteroatoms. The van der Waals surface area contributed by atoms with E-state index in [0.29, 0.717) is 6.04 Å². The van der Waals surface area contributed by atoms with Crippen LogP contribution >= 0.6 is 11.3 Å². The summed E-state index contributed by atoms with van der Waals surface area (Å²) >= 11 is 1.96. The fourth-order valence-electron chi connectivity index (χ4n) is 1.86. The van der Waals surface area contributed by atoms with Crippen molar-refractivity contribution in [2.24, 2.45) is 5.41 Å². The normalized spacial score (nSPS) is 14.1. The van der Waals surface area contributed by atoms with Crippen LogP contribution in [-0.2, 0) is 6.42 Å². The van der Waals surface area contributed by atoms with Crippen LogP contribution < -0.4 is 5.32 Å². The lowest BCUT2D eigenvalue weighted by Gasteiger charge is -2.31. The Labute approximate surface area is 104 Å². The van der Waals surface area contributed by atoms with Crippen molar-refractivity contribution in [2.45, 2.75) is 53.5 Å².